The molecule has 0 N–H and O–H groups in total. The summed E-state index contributed by atoms with van der Waals surface area (Å²) < 4.78 is 15.6. The van der Waals surface area contributed by atoms with E-state index in [0.717, 1.165) is 12.2 Å². The minimum absolute atomic E-state index is 0.0777. The third kappa shape index (κ3) is 1.34. The van der Waals surface area contributed by atoms with Gasteiger partial charge in [0.1, 0.15) is 11.5 Å². The largest absolute Gasteiger partial charge is 0.300 e. The van der Waals surface area contributed by atoms with Crippen molar-refractivity contribution in [3.05, 3.63) is 11.8 Å². The topological polar surface area (TPSA) is 38.1 Å². The number of halogens is 1. The first kappa shape index (κ1) is 9.81. The molecule has 3 rings (SSSR count). The van der Waals surface area contributed by atoms with E-state index in [0.29, 0.717) is 31.5 Å². The second kappa shape index (κ2) is 3.06. The van der Waals surface area contributed by atoms with Crippen molar-refractivity contribution in [2.24, 2.45) is 0 Å². The van der Waals surface area contributed by atoms with Crippen LogP contribution >= 0.6 is 0 Å². The van der Waals surface area contributed by atoms with Gasteiger partial charge in [-0.15, -0.1) is 0 Å². The van der Waals surface area contributed by atoms with Crippen molar-refractivity contribution in [3.8, 4) is 0 Å². The summed E-state index contributed by atoms with van der Waals surface area (Å²) in [7, 11) is 1.72. The average Bonchev–Trinajstić information content (AvgIpc) is 2.89. The molecular weight excluding hydrogens is 209 g/mol. The third-order valence-corrected chi connectivity index (χ3v) is 3.39. The predicted octanol–water partition coefficient (Wildman–Crippen LogP) is 1.60. The summed E-state index contributed by atoms with van der Waals surface area (Å²) in [5.74, 6) is 0.801. The lowest BCUT2D eigenvalue weighted by molar-refractivity contribution is -0.118. The number of alkyl halides is 1. The molecule has 2 aliphatic rings. The van der Waals surface area contributed by atoms with Crippen molar-refractivity contribution < 1.29 is 9.18 Å². The number of rotatable bonds is 1. The fourth-order valence-electron chi connectivity index (χ4n) is 2.10. The van der Waals surface area contributed by atoms with Crippen LogP contribution in [0.5, 0.6) is 0 Å². The fraction of sp³-hybridized carbons (Fsp3) is 0.636. The maximum atomic E-state index is 13.9. The quantitative estimate of drug-likeness (QED) is 0.725. The number of aryl methyl sites for hydroxylation is 1. The predicted molar refractivity (Wildman–Crippen MR) is 56.9 cm³/mol. The second-order valence-corrected chi connectivity index (χ2v) is 4.63. The standard InChI is InChI=1S/C11H14FN3O/c1-14-9-7-8(11(12)4-5-11)13-15(9)6-2-3-10(14)16/h7H,2-6H2,1H3. The summed E-state index contributed by atoms with van der Waals surface area (Å²) in [5.41, 5.74) is -0.729. The fourth-order valence-corrected chi connectivity index (χ4v) is 2.10. The minimum atomic E-state index is -1.22. The van der Waals surface area contributed by atoms with E-state index in [4.69, 9.17) is 0 Å². The van der Waals surface area contributed by atoms with E-state index in [2.05, 4.69) is 5.10 Å². The molecule has 0 spiro atoms. The normalized spacial score (nSPS) is 22.9. The van der Waals surface area contributed by atoms with E-state index >= 15 is 0 Å². The van der Waals surface area contributed by atoms with Crippen LogP contribution in [0.4, 0.5) is 10.2 Å². The van der Waals surface area contributed by atoms with Gasteiger partial charge in [-0.25, -0.2) is 9.07 Å². The van der Waals surface area contributed by atoms with Gasteiger partial charge in [0, 0.05) is 26.1 Å². The Hall–Kier alpha value is -1.39. The Kier molecular flexibility index (Phi) is 1.87. The summed E-state index contributed by atoms with van der Waals surface area (Å²) in [6.45, 7) is 0.696. The van der Waals surface area contributed by atoms with Crippen molar-refractivity contribution >= 4 is 11.7 Å². The highest BCUT2D eigenvalue weighted by molar-refractivity contribution is 5.92. The zero-order valence-corrected chi connectivity index (χ0v) is 9.24. The molecule has 0 aromatic carbocycles. The van der Waals surface area contributed by atoms with Crippen LogP contribution in [-0.2, 0) is 17.0 Å². The van der Waals surface area contributed by atoms with E-state index in [-0.39, 0.29) is 5.91 Å². The third-order valence-electron chi connectivity index (χ3n) is 3.39. The summed E-state index contributed by atoms with van der Waals surface area (Å²) in [6, 6.07) is 1.72. The van der Waals surface area contributed by atoms with Crippen LogP contribution in [0.3, 0.4) is 0 Å². The molecule has 16 heavy (non-hydrogen) atoms. The molecule has 1 saturated carbocycles. The van der Waals surface area contributed by atoms with Crippen LogP contribution in [0, 0.1) is 0 Å². The molecule has 0 radical (unpaired) electrons. The van der Waals surface area contributed by atoms with Crippen molar-refractivity contribution in [2.45, 2.75) is 37.9 Å². The van der Waals surface area contributed by atoms with Gasteiger partial charge in [-0.1, -0.05) is 0 Å². The first-order valence-corrected chi connectivity index (χ1v) is 5.64. The Bertz CT molecular complexity index is 450. The lowest BCUT2D eigenvalue weighted by atomic mass is 10.2. The molecule has 0 saturated heterocycles. The Morgan fingerprint density at radius 1 is 1.50 bits per heavy atom. The van der Waals surface area contributed by atoms with Gasteiger partial charge in [-0.3, -0.25) is 4.79 Å². The van der Waals surface area contributed by atoms with Gasteiger partial charge in [-0.05, 0) is 19.3 Å². The van der Waals surface area contributed by atoms with Crippen LogP contribution in [0.2, 0.25) is 0 Å². The molecule has 0 bridgehead atoms. The Labute approximate surface area is 93.0 Å². The maximum absolute atomic E-state index is 13.9. The lowest BCUT2D eigenvalue weighted by Crippen LogP contribution is -2.25. The van der Waals surface area contributed by atoms with Crippen molar-refractivity contribution in [2.75, 3.05) is 11.9 Å². The Morgan fingerprint density at radius 3 is 2.94 bits per heavy atom. The number of aromatic nitrogens is 2. The molecule has 4 nitrogen and oxygen atoms in total. The van der Waals surface area contributed by atoms with Gasteiger partial charge < -0.3 is 4.90 Å². The van der Waals surface area contributed by atoms with Gasteiger partial charge in [0.25, 0.3) is 0 Å². The summed E-state index contributed by atoms with van der Waals surface area (Å²) in [5, 5.41) is 4.28. The highest BCUT2D eigenvalue weighted by atomic mass is 19.1. The molecule has 1 aliphatic heterocycles. The Morgan fingerprint density at radius 2 is 2.25 bits per heavy atom. The molecule has 2 heterocycles. The SMILES string of the molecule is CN1C(=O)CCCn2nc(C3(F)CC3)cc21. The lowest BCUT2D eigenvalue weighted by Gasteiger charge is -2.13. The van der Waals surface area contributed by atoms with Crippen molar-refractivity contribution in [1.82, 2.24) is 9.78 Å². The number of carbonyl (C=O) groups is 1. The smallest absolute Gasteiger partial charge is 0.227 e. The zero-order valence-electron chi connectivity index (χ0n) is 9.24. The summed E-state index contributed by atoms with van der Waals surface area (Å²) >= 11 is 0. The van der Waals surface area contributed by atoms with Crippen LogP contribution in [0.25, 0.3) is 0 Å². The molecule has 5 heteroatoms. The number of nitrogens with zero attached hydrogens (tertiary/aromatic N) is 3. The van der Waals surface area contributed by atoms with Crippen molar-refractivity contribution in [1.29, 1.82) is 0 Å². The molecule has 86 valence electrons. The van der Waals surface area contributed by atoms with E-state index in [1.54, 1.807) is 22.7 Å². The van der Waals surface area contributed by atoms with Crippen LogP contribution in [0.15, 0.2) is 6.07 Å². The highest BCUT2D eigenvalue weighted by Gasteiger charge is 2.48. The number of anilines is 1. The van der Waals surface area contributed by atoms with Gasteiger partial charge in [-0.2, -0.15) is 5.10 Å². The summed E-state index contributed by atoms with van der Waals surface area (Å²) in [6.07, 6.45) is 2.43. The zero-order chi connectivity index (χ0) is 11.3. The van der Waals surface area contributed by atoms with Crippen LogP contribution in [0.1, 0.15) is 31.4 Å². The van der Waals surface area contributed by atoms with Gasteiger partial charge in [0.2, 0.25) is 5.91 Å². The molecule has 1 aliphatic carbocycles. The molecule has 1 fully saturated rings. The van der Waals surface area contributed by atoms with E-state index in [9.17, 15) is 9.18 Å². The number of fused-ring (bicyclic) bond motifs is 1. The second-order valence-electron chi connectivity index (χ2n) is 4.63. The van der Waals surface area contributed by atoms with E-state index in [1.165, 1.54) is 0 Å². The van der Waals surface area contributed by atoms with Gasteiger partial charge in [0.05, 0.1) is 0 Å². The first-order valence-electron chi connectivity index (χ1n) is 5.64. The monoisotopic (exact) mass is 223 g/mol. The molecular formula is C11H14FN3O. The molecule has 1 aromatic heterocycles. The van der Waals surface area contributed by atoms with Crippen LogP contribution in [-0.4, -0.2) is 22.7 Å². The van der Waals surface area contributed by atoms with E-state index in [1.807, 2.05) is 0 Å². The minimum Gasteiger partial charge on any atom is -0.300 e. The highest BCUT2D eigenvalue weighted by Crippen LogP contribution is 2.49. The number of hydrogen-bond donors (Lipinski definition) is 0. The first-order chi connectivity index (χ1) is 7.60. The molecule has 0 unspecified atom stereocenters. The van der Waals surface area contributed by atoms with E-state index < -0.39 is 5.67 Å². The van der Waals surface area contributed by atoms with Gasteiger partial charge >= 0.3 is 0 Å². The Balaban J connectivity index is 2.02. The van der Waals surface area contributed by atoms with Crippen LogP contribution < -0.4 is 4.90 Å². The number of hydrogen-bond acceptors (Lipinski definition) is 2. The average molecular weight is 223 g/mol. The molecule has 0 atom stereocenters. The number of carbonyl (C=O) groups excluding carboxylic acids is 1. The molecule has 1 aromatic rings. The van der Waals surface area contributed by atoms with Gasteiger partial charge in [0.15, 0.2) is 5.67 Å². The van der Waals surface area contributed by atoms with Crippen molar-refractivity contribution in [3.63, 3.8) is 0 Å². The number of amides is 1. The summed E-state index contributed by atoms with van der Waals surface area (Å²) in [4.78, 5) is 13.2. The maximum Gasteiger partial charge on any atom is 0.227 e. The molecule has 1 amide bonds.